The monoisotopic (exact) mass is 238 g/mol. The van der Waals surface area contributed by atoms with E-state index in [0.29, 0.717) is 19.1 Å². The van der Waals surface area contributed by atoms with Crippen LogP contribution in [0.25, 0.3) is 0 Å². The fraction of sp³-hybridized carbons (Fsp3) is 0.636. The Morgan fingerprint density at radius 2 is 2.53 bits per heavy atom. The summed E-state index contributed by atoms with van der Waals surface area (Å²) < 4.78 is 10.5. The summed E-state index contributed by atoms with van der Waals surface area (Å²) in [6.07, 6.45) is 0.199. The summed E-state index contributed by atoms with van der Waals surface area (Å²) in [6.45, 7) is 6.60. The number of nitrogens with two attached hydrogens (primary N) is 1. The molecule has 17 heavy (non-hydrogen) atoms. The van der Waals surface area contributed by atoms with E-state index in [1.165, 1.54) is 0 Å². The number of nitrogens with zero attached hydrogens (tertiary/aromatic N) is 3. The Kier molecular flexibility index (Phi) is 3.63. The van der Waals surface area contributed by atoms with Crippen LogP contribution in [0.4, 0.5) is 0 Å². The molecule has 0 aliphatic carbocycles. The van der Waals surface area contributed by atoms with Crippen molar-refractivity contribution < 1.29 is 9.26 Å². The maximum atomic E-state index is 5.92. The fourth-order valence-electron chi connectivity index (χ4n) is 1.78. The van der Waals surface area contributed by atoms with Gasteiger partial charge < -0.3 is 19.9 Å². The maximum absolute atomic E-state index is 5.92. The first kappa shape index (κ1) is 11.9. The van der Waals surface area contributed by atoms with Crippen LogP contribution in [0.15, 0.2) is 15.6 Å². The van der Waals surface area contributed by atoms with Crippen molar-refractivity contribution in [2.24, 2.45) is 10.7 Å². The second-order valence-corrected chi connectivity index (χ2v) is 4.24. The van der Waals surface area contributed by atoms with Gasteiger partial charge in [0.25, 0.3) is 0 Å². The highest BCUT2D eigenvalue weighted by Gasteiger charge is 2.17. The summed E-state index contributed by atoms with van der Waals surface area (Å²) in [6, 6.07) is 1.86. The Morgan fingerprint density at radius 3 is 3.18 bits per heavy atom. The van der Waals surface area contributed by atoms with Gasteiger partial charge in [0.1, 0.15) is 6.54 Å². The summed E-state index contributed by atoms with van der Waals surface area (Å²) in [4.78, 5) is 6.32. The molecule has 0 spiro atoms. The quantitative estimate of drug-likeness (QED) is 0.600. The second-order valence-electron chi connectivity index (χ2n) is 4.24. The van der Waals surface area contributed by atoms with Crippen LogP contribution < -0.4 is 5.73 Å². The minimum atomic E-state index is 0.199. The summed E-state index contributed by atoms with van der Waals surface area (Å²) in [5.41, 5.74) is 6.78. The maximum Gasteiger partial charge on any atom is 0.191 e. The Bertz CT molecular complexity index is 402. The van der Waals surface area contributed by atoms with Gasteiger partial charge in [-0.15, -0.1) is 0 Å². The number of rotatable bonds is 2. The lowest BCUT2D eigenvalue weighted by Gasteiger charge is -2.31. The molecule has 6 nitrogen and oxygen atoms in total. The van der Waals surface area contributed by atoms with Gasteiger partial charge in [0.2, 0.25) is 0 Å². The molecule has 1 fully saturated rings. The molecule has 1 unspecified atom stereocenters. The molecule has 0 amide bonds. The summed E-state index contributed by atoms with van der Waals surface area (Å²) in [5, 5.41) is 3.80. The van der Waals surface area contributed by atoms with Crippen molar-refractivity contribution in [2.75, 3.05) is 19.7 Å². The standard InChI is InChI=1S/C11H18N4O2/c1-8-5-10(17-14-8)6-13-11(12)15-3-4-16-9(2)7-15/h5,9H,3-4,6-7H2,1-2H3,(H2,12,13). The zero-order valence-corrected chi connectivity index (χ0v) is 10.2. The number of aliphatic imine (C=N–C) groups is 1. The Labute approximate surface area is 100 Å². The highest BCUT2D eigenvalue weighted by Crippen LogP contribution is 2.06. The van der Waals surface area contributed by atoms with Crippen LogP contribution >= 0.6 is 0 Å². The Morgan fingerprint density at radius 1 is 1.71 bits per heavy atom. The Hall–Kier alpha value is -1.56. The first-order chi connectivity index (χ1) is 8.15. The van der Waals surface area contributed by atoms with Crippen molar-refractivity contribution in [1.82, 2.24) is 10.1 Å². The van der Waals surface area contributed by atoms with E-state index in [2.05, 4.69) is 10.1 Å². The van der Waals surface area contributed by atoms with E-state index >= 15 is 0 Å². The lowest BCUT2D eigenvalue weighted by atomic mass is 10.3. The number of morpholine rings is 1. The number of aryl methyl sites for hydroxylation is 1. The van der Waals surface area contributed by atoms with E-state index in [4.69, 9.17) is 15.0 Å². The molecule has 1 atom stereocenters. The largest absolute Gasteiger partial charge is 0.375 e. The molecule has 2 rings (SSSR count). The van der Waals surface area contributed by atoms with Gasteiger partial charge in [-0.1, -0.05) is 5.16 Å². The molecule has 0 bridgehead atoms. The van der Waals surface area contributed by atoms with Crippen molar-refractivity contribution in [3.63, 3.8) is 0 Å². The van der Waals surface area contributed by atoms with Crippen LogP contribution in [0.5, 0.6) is 0 Å². The smallest absolute Gasteiger partial charge is 0.191 e. The zero-order chi connectivity index (χ0) is 12.3. The average molecular weight is 238 g/mol. The third kappa shape index (κ3) is 3.20. The van der Waals surface area contributed by atoms with Gasteiger partial charge in [-0.3, -0.25) is 0 Å². The van der Waals surface area contributed by atoms with Gasteiger partial charge in [0.05, 0.1) is 18.4 Å². The van der Waals surface area contributed by atoms with E-state index in [0.717, 1.165) is 24.5 Å². The van der Waals surface area contributed by atoms with Gasteiger partial charge in [-0.05, 0) is 13.8 Å². The van der Waals surface area contributed by atoms with Crippen LogP contribution in [-0.2, 0) is 11.3 Å². The third-order valence-electron chi connectivity index (χ3n) is 2.64. The topological polar surface area (TPSA) is 76.9 Å². The normalized spacial score (nSPS) is 21.9. The molecule has 2 heterocycles. The van der Waals surface area contributed by atoms with E-state index in [1.54, 1.807) is 0 Å². The molecule has 0 aromatic carbocycles. The molecular formula is C11H18N4O2. The second kappa shape index (κ2) is 5.18. The summed E-state index contributed by atoms with van der Waals surface area (Å²) in [7, 11) is 0. The van der Waals surface area contributed by atoms with Crippen LogP contribution in [0, 0.1) is 6.92 Å². The minimum absolute atomic E-state index is 0.199. The lowest BCUT2D eigenvalue weighted by molar-refractivity contribution is 0.00527. The first-order valence-corrected chi connectivity index (χ1v) is 5.74. The average Bonchev–Trinajstić information content (AvgIpc) is 2.72. The molecule has 0 radical (unpaired) electrons. The molecule has 1 aromatic heterocycles. The molecular weight excluding hydrogens is 220 g/mol. The van der Waals surface area contributed by atoms with Crippen molar-refractivity contribution in [2.45, 2.75) is 26.5 Å². The van der Waals surface area contributed by atoms with Crippen LogP contribution in [0.2, 0.25) is 0 Å². The van der Waals surface area contributed by atoms with Gasteiger partial charge in [-0.25, -0.2) is 4.99 Å². The van der Waals surface area contributed by atoms with E-state index in [-0.39, 0.29) is 6.10 Å². The number of guanidine groups is 1. The molecule has 1 aliphatic rings. The van der Waals surface area contributed by atoms with Gasteiger partial charge in [0.15, 0.2) is 11.7 Å². The molecule has 1 aliphatic heterocycles. The SMILES string of the molecule is Cc1cc(CN=C(N)N2CCOC(C)C2)on1. The Balaban J connectivity index is 1.92. The van der Waals surface area contributed by atoms with Gasteiger partial charge >= 0.3 is 0 Å². The van der Waals surface area contributed by atoms with Crippen LogP contribution in [0.1, 0.15) is 18.4 Å². The highest BCUT2D eigenvalue weighted by molar-refractivity contribution is 5.78. The first-order valence-electron chi connectivity index (χ1n) is 5.74. The van der Waals surface area contributed by atoms with E-state index < -0.39 is 0 Å². The lowest BCUT2D eigenvalue weighted by Crippen LogP contribution is -2.47. The predicted molar refractivity (Wildman–Crippen MR) is 63.6 cm³/mol. The number of hydrogen-bond donors (Lipinski definition) is 1. The third-order valence-corrected chi connectivity index (χ3v) is 2.64. The van der Waals surface area contributed by atoms with Gasteiger partial charge in [0, 0.05) is 19.2 Å². The summed E-state index contributed by atoms with van der Waals surface area (Å²) >= 11 is 0. The summed E-state index contributed by atoms with van der Waals surface area (Å²) in [5.74, 6) is 1.26. The van der Waals surface area contributed by atoms with E-state index in [9.17, 15) is 0 Å². The number of hydrogen-bond acceptors (Lipinski definition) is 4. The van der Waals surface area contributed by atoms with Crippen molar-refractivity contribution in [3.05, 3.63) is 17.5 Å². The van der Waals surface area contributed by atoms with Crippen LogP contribution in [0.3, 0.4) is 0 Å². The molecule has 94 valence electrons. The predicted octanol–water partition coefficient (Wildman–Crippen LogP) is 0.518. The minimum Gasteiger partial charge on any atom is -0.375 e. The molecule has 2 N–H and O–H groups in total. The molecule has 1 saturated heterocycles. The van der Waals surface area contributed by atoms with E-state index in [1.807, 2.05) is 24.8 Å². The fourth-order valence-corrected chi connectivity index (χ4v) is 1.78. The van der Waals surface area contributed by atoms with Gasteiger partial charge in [-0.2, -0.15) is 0 Å². The van der Waals surface area contributed by atoms with Crippen molar-refractivity contribution >= 4 is 5.96 Å². The molecule has 0 saturated carbocycles. The van der Waals surface area contributed by atoms with Crippen molar-refractivity contribution in [3.8, 4) is 0 Å². The highest BCUT2D eigenvalue weighted by atomic mass is 16.5. The van der Waals surface area contributed by atoms with Crippen LogP contribution in [-0.4, -0.2) is 41.8 Å². The molecule has 1 aromatic rings. The van der Waals surface area contributed by atoms with Crippen molar-refractivity contribution in [1.29, 1.82) is 0 Å². The number of ether oxygens (including phenoxy) is 1. The molecule has 6 heteroatoms. The zero-order valence-electron chi connectivity index (χ0n) is 10.2. The number of aromatic nitrogens is 1.